The topological polar surface area (TPSA) is 89.3 Å². The predicted molar refractivity (Wildman–Crippen MR) is 55.9 cm³/mol. The molecule has 0 rings (SSSR count). The zero-order valence-corrected chi connectivity index (χ0v) is 9.16. The third kappa shape index (κ3) is 4.58. The van der Waals surface area contributed by atoms with Crippen LogP contribution in [0, 0.1) is 5.92 Å². The van der Waals surface area contributed by atoms with Gasteiger partial charge in [0.1, 0.15) is 0 Å². The summed E-state index contributed by atoms with van der Waals surface area (Å²) < 4.78 is 0. The number of primary amides is 1. The molecule has 0 aromatic heterocycles. The van der Waals surface area contributed by atoms with Crippen LogP contribution < -0.4 is 11.1 Å². The minimum absolute atomic E-state index is 0.311. The third-order valence-corrected chi connectivity index (χ3v) is 2.55. The van der Waals surface area contributed by atoms with E-state index in [0.717, 1.165) is 12.8 Å². The Morgan fingerprint density at radius 2 is 1.87 bits per heavy atom. The smallest absolute Gasteiger partial charge is 0.287 e. The molecule has 1 unspecified atom stereocenters. The van der Waals surface area contributed by atoms with E-state index in [9.17, 15) is 14.4 Å². The highest BCUT2D eigenvalue weighted by Crippen LogP contribution is 2.15. The molecular weight excluding hydrogens is 196 g/mol. The lowest BCUT2D eigenvalue weighted by Crippen LogP contribution is -2.44. The highest BCUT2D eigenvalue weighted by molar-refractivity contribution is 6.37. The quantitative estimate of drug-likeness (QED) is 0.439. The fourth-order valence-corrected chi connectivity index (χ4v) is 1.46. The van der Waals surface area contributed by atoms with Gasteiger partial charge in [0.05, 0.1) is 6.04 Å². The molecule has 0 aliphatic rings. The summed E-state index contributed by atoms with van der Waals surface area (Å²) in [5, 5.41) is 2.33. The van der Waals surface area contributed by atoms with E-state index in [1.807, 2.05) is 13.8 Å². The fourth-order valence-electron chi connectivity index (χ4n) is 1.46. The number of carbonyl (C=O) groups excluding carboxylic acids is 3. The molecule has 0 saturated carbocycles. The first-order valence-corrected chi connectivity index (χ1v) is 5.10. The van der Waals surface area contributed by atoms with Gasteiger partial charge >= 0.3 is 0 Å². The van der Waals surface area contributed by atoms with E-state index in [-0.39, 0.29) is 0 Å². The number of carbonyl (C=O) groups is 3. The van der Waals surface area contributed by atoms with Crippen LogP contribution in [-0.2, 0) is 14.4 Å². The average molecular weight is 214 g/mol. The predicted octanol–water partition coefficient (Wildman–Crippen LogP) is -0.0183. The molecule has 0 aliphatic heterocycles. The number of nitrogens with two attached hydrogens (primary N) is 1. The van der Waals surface area contributed by atoms with Crippen LogP contribution in [0.4, 0.5) is 0 Å². The molecule has 1 atom stereocenters. The van der Waals surface area contributed by atoms with Crippen LogP contribution in [-0.4, -0.2) is 24.1 Å². The zero-order valence-electron chi connectivity index (χ0n) is 9.16. The van der Waals surface area contributed by atoms with Gasteiger partial charge in [0, 0.05) is 0 Å². The van der Waals surface area contributed by atoms with E-state index in [1.54, 1.807) is 0 Å². The van der Waals surface area contributed by atoms with Crippen molar-refractivity contribution in [1.29, 1.82) is 0 Å². The van der Waals surface area contributed by atoms with Gasteiger partial charge in [-0.3, -0.25) is 14.4 Å². The molecule has 0 aromatic rings. The second kappa shape index (κ2) is 6.98. The van der Waals surface area contributed by atoms with Gasteiger partial charge in [-0.15, -0.1) is 0 Å². The Morgan fingerprint density at radius 3 is 2.20 bits per heavy atom. The van der Waals surface area contributed by atoms with E-state index in [1.165, 1.54) is 0 Å². The Hall–Kier alpha value is -1.39. The summed E-state index contributed by atoms with van der Waals surface area (Å²) in [4.78, 5) is 32.3. The van der Waals surface area contributed by atoms with Gasteiger partial charge in [-0.2, -0.15) is 0 Å². The molecule has 3 N–H and O–H groups in total. The minimum Gasteiger partial charge on any atom is -0.363 e. The second-order valence-corrected chi connectivity index (χ2v) is 3.48. The van der Waals surface area contributed by atoms with E-state index >= 15 is 0 Å². The van der Waals surface area contributed by atoms with Crippen molar-refractivity contribution in [3.05, 3.63) is 0 Å². The Bertz CT molecular complexity index is 237. The van der Waals surface area contributed by atoms with Gasteiger partial charge in [-0.05, 0) is 12.3 Å². The van der Waals surface area contributed by atoms with Crippen LogP contribution >= 0.6 is 0 Å². The third-order valence-electron chi connectivity index (χ3n) is 2.55. The van der Waals surface area contributed by atoms with Crippen molar-refractivity contribution in [3.63, 3.8) is 0 Å². The largest absolute Gasteiger partial charge is 0.363 e. The first kappa shape index (κ1) is 13.6. The molecule has 86 valence electrons. The fraction of sp³-hybridized carbons (Fsp3) is 0.700. The summed E-state index contributed by atoms with van der Waals surface area (Å²) in [6.07, 6.45) is 2.69. The summed E-state index contributed by atoms with van der Waals surface area (Å²) in [7, 11) is 0. The van der Waals surface area contributed by atoms with Crippen molar-refractivity contribution in [2.24, 2.45) is 11.7 Å². The molecule has 2 amide bonds. The zero-order chi connectivity index (χ0) is 11.8. The highest BCUT2D eigenvalue weighted by atomic mass is 16.2. The minimum atomic E-state index is -1.000. The normalized spacial score (nSPS) is 12.2. The number of nitrogens with one attached hydrogen (secondary N) is 1. The molecule has 0 saturated heterocycles. The first-order chi connectivity index (χ1) is 7.06. The number of hydrogen-bond acceptors (Lipinski definition) is 3. The van der Waals surface area contributed by atoms with Crippen LogP contribution in [0.15, 0.2) is 0 Å². The molecule has 0 radical (unpaired) electrons. The number of amides is 2. The summed E-state index contributed by atoms with van der Waals surface area (Å²) >= 11 is 0. The van der Waals surface area contributed by atoms with E-state index in [2.05, 4.69) is 5.32 Å². The van der Waals surface area contributed by atoms with Crippen LogP contribution in [0.25, 0.3) is 0 Å². The maximum Gasteiger partial charge on any atom is 0.287 e. The Morgan fingerprint density at radius 1 is 1.33 bits per heavy atom. The van der Waals surface area contributed by atoms with Crippen molar-refractivity contribution >= 4 is 18.1 Å². The molecule has 0 heterocycles. The number of hydrogen-bond donors (Lipinski definition) is 2. The van der Waals surface area contributed by atoms with E-state index < -0.39 is 17.7 Å². The van der Waals surface area contributed by atoms with Gasteiger partial charge < -0.3 is 11.1 Å². The van der Waals surface area contributed by atoms with Crippen LogP contribution in [0.2, 0.25) is 0 Å². The van der Waals surface area contributed by atoms with Gasteiger partial charge in [-0.1, -0.05) is 26.7 Å². The summed E-state index contributed by atoms with van der Waals surface area (Å²) in [5.74, 6) is -1.42. The highest BCUT2D eigenvalue weighted by Gasteiger charge is 2.24. The van der Waals surface area contributed by atoms with Crippen LogP contribution in [0.3, 0.4) is 0 Å². The van der Waals surface area contributed by atoms with Gasteiger partial charge in [0.25, 0.3) is 5.91 Å². The van der Waals surface area contributed by atoms with E-state index in [0.29, 0.717) is 18.7 Å². The van der Waals surface area contributed by atoms with Crippen LogP contribution in [0.5, 0.6) is 0 Å². The summed E-state index contributed by atoms with van der Waals surface area (Å²) in [5.41, 5.74) is 4.88. The summed E-state index contributed by atoms with van der Waals surface area (Å²) in [6.45, 7) is 4.00. The molecule has 5 nitrogen and oxygen atoms in total. The van der Waals surface area contributed by atoms with Gasteiger partial charge in [-0.25, -0.2) is 0 Å². The lowest BCUT2D eigenvalue weighted by atomic mass is 9.93. The Balaban J connectivity index is 4.44. The average Bonchev–Trinajstić information content (AvgIpc) is 2.23. The molecule has 0 aromatic carbocycles. The molecule has 0 fully saturated rings. The lowest BCUT2D eigenvalue weighted by molar-refractivity contribution is -0.138. The maximum atomic E-state index is 11.3. The summed E-state index contributed by atoms with van der Waals surface area (Å²) in [6, 6.07) is -0.773. The Kier molecular flexibility index (Phi) is 6.33. The van der Waals surface area contributed by atoms with Gasteiger partial charge in [0.2, 0.25) is 12.2 Å². The standard InChI is InChI=1S/C10H18N2O3/c1-3-7(4-2)5-8(12-6-13)9(14)10(11)15/h6-8H,3-5H2,1-2H3,(H2,11,15)(H,12,13). The molecule has 0 aliphatic carbocycles. The molecular formula is C10H18N2O3. The van der Waals surface area contributed by atoms with Gasteiger partial charge in [0.15, 0.2) is 0 Å². The number of Topliss-reactive ketones (excluding diaryl/α,β-unsaturated/α-hetero) is 1. The molecule has 15 heavy (non-hydrogen) atoms. The lowest BCUT2D eigenvalue weighted by Gasteiger charge is -2.18. The van der Waals surface area contributed by atoms with Crippen molar-refractivity contribution in [3.8, 4) is 0 Å². The van der Waals surface area contributed by atoms with Crippen molar-refractivity contribution < 1.29 is 14.4 Å². The van der Waals surface area contributed by atoms with Crippen LogP contribution in [0.1, 0.15) is 33.1 Å². The first-order valence-electron chi connectivity index (χ1n) is 5.10. The molecule has 5 heteroatoms. The maximum absolute atomic E-state index is 11.3. The van der Waals surface area contributed by atoms with Crippen molar-refractivity contribution in [1.82, 2.24) is 5.32 Å². The van der Waals surface area contributed by atoms with Crippen molar-refractivity contribution in [2.75, 3.05) is 0 Å². The SMILES string of the molecule is CCC(CC)CC(NC=O)C(=O)C(N)=O. The number of ketones is 1. The number of rotatable bonds is 8. The van der Waals surface area contributed by atoms with E-state index in [4.69, 9.17) is 5.73 Å². The van der Waals surface area contributed by atoms with Crippen molar-refractivity contribution in [2.45, 2.75) is 39.2 Å². The molecule has 0 spiro atoms. The second-order valence-electron chi connectivity index (χ2n) is 3.48. The molecule has 0 bridgehead atoms. The monoisotopic (exact) mass is 214 g/mol. The Labute approximate surface area is 89.4 Å².